The molecule has 1 heterocycles. The topological polar surface area (TPSA) is 35.7 Å². The zero-order valence-electron chi connectivity index (χ0n) is 12.0. The summed E-state index contributed by atoms with van der Waals surface area (Å²) in [5.74, 6) is 0. The molecule has 19 heavy (non-hydrogen) atoms. The first-order valence-corrected chi connectivity index (χ1v) is 6.65. The lowest BCUT2D eigenvalue weighted by Gasteiger charge is -2.41. The summed E-state index contributed by atoms with van der Waals surface area (Å²) in [5.41, 5.74) is 5.50. The van der Waals surface area contributed by atoms with Crippen molar-refractivity contribution in [1.29, 1.82) is 0 Å². The number of hydrogen-bond donors (Lipinski definition) is 1. The molecule has 1 rings (SSSR count). The lowest BCUT2D eigenvalue weighted by molar-refractivity contribution is -0.192. The zero-order valence-corrected chi connectivity index (χ0v) is 12.0. The van der Waals surface area contributed by atoms with Gasteiger partial charge in [-0.15, -0.1) is 0 Å². The second kappa shape index (κ2) is 6.88. The molecule has 1 aliphatic rings. The predicted octanol–water partition coefficient (Wildman–Crippen LogP) is 0.444. The van der Waals surface area contributed by atoms with Crippen molar-refractivity contribution in [1.82, 2.24) is 14.7 Å². The Bertz CT molecular complexity index is 260. The maximum Gasteiger partial charge on any atom is 0.405 e. The Morgan fingerprint density at radius 2 is 1.68 bits per heavy atom. The molecule has 2 atom stereocenters. The van der Waals surface area contributed by atoms with Gasteiger partial charge in [0.25, 0.3) is 0 Å². The van der Waals surface area contributed by atoms with E-state index in [1.807, 2.05) is 14.1 Å². The molecule has 4 nitrogen and oxygen atoms in total. The molecular formula is C12H25F3N4. The Balaban J connectivity index is 2.47. The van der Waals surface area contributed by atoms with Gasteiger partial charge in [0.2, 0.25) is 0 Å². The van der Waals surface area contributed by atoms with Crippen LogP contribution in [0.15, 0.2) is 0 Å². The van der Waals surface area contributed by atoms with E-state index in [0.717, 1.165) is 13.1 Å². The molecule has 0 aromatic heterocycles. The van der Waals surface area contributed by atoms with E-state index in [-0.39, 0.29) is 0 Å². The molecule has 1 aliphatic heterocycles. The van der Waals surface area contributed by atoms with Crippen molar-refractivity contribution in [2.75, 3.05) is 53.4 Å². The Morgan fingerprint density at radius 1 is 1.16 bits per heavy atom. The standard InChI is InChI=1S/C12H25F3N4/c1-10(16)11(12(13,14)15)19-8-6-18(7-9-19)5-4-17(2)3/h10-11H,4-9,16H2,1-3H3. The smallest absolute Gasteiger partial charge is 0.326 e. The molecule has 0 radical (unpaired) electrons. The van der Waals surface area contributed by atoms with Gasteiger partial charge in [0, 0.05) is 45.3 Å². The van der Waals surface area contributed by atoms with Crippen LogP contribution in [0.25, 0.3) is 0 Å². The summed E-state index contributed by atoms with van der Waals surface area (Å²) >= 11 is 0. The fourth-order valence-electron chi connectivity index (χ4n) is 2.44. The Kier molecular flexibility index (Phi) is 6.04. The molecule has 2 N–H and O–H groups in total. The molecule has 0 aromatic carbocycles. The predicted molar refractivity (Wildman–Crippen MR) is 70.1 cm³/mol. The van der Waals surface area contributed by atoms with Crippen molar-refractivity contribution >= 4 is 0 Å². The maximum atomic E-state index is 13.0. The molecule has 0 bridgehead atoms. The Hall–Kier alpha value is -0.370. The number of hydrogen-bond acceptors (Lipinski definition) is 4. The van der Waals surface area contributed by atoms with Crippen molar-refractivity contribution < 1.29 is 13.2 Å². The second-order valence-corrected chi connectivity index (χ2v) is 5.53. The van der Waals surface area contributed by atoms with Gasteiger partial charge >= 0.3 is 6.18 Å². The van der Waals surface area contributed by atoms with Crippen LogP contribution in [0, 0.1) is 0 Å². The van der Waals surface area contributed by atoms with Crippen molar-refractivity contribution in [2.24, 2.45) is 5.73 Å². The molecule has 0 amide bonds. The average Bonchev–Trinajstić information content (AvgIpc) is 2.25. The fourth-order valence-corrected chi connectivity index (χ4v) is 2.44. The third kappa shape index (κ3) is 5.25. The van der Waals surface area contributed by atoms with Gasteiger partial charge in [0.15, 0.2) is 0 Å². The first-order valence-electron chi connectivity index (χ1n) is 6.65. The van der Waals surface area contributed by atoms with Crippen LogP contribution in [0.5, 0.6) is 0 Å². The van der Waals surface area contributed by atoms with E-state index in [0.29, 0.717) is 26.2 Å². The largest absolute Gasteiger partial charge is 0.405 e. The van der Waals surface area contributed by atoms with Crippen LogP contribution in [0.3, 0.4) is 0 Å². The number of halogens is 3. The van der Waals surface area contributed by atoms with E-state index in [4.69, 9.17) is 5.73 Å². The van der Waals surface area contributed by atoms with Gasteiger partial charge in [-0.05, 0) is 21.0 Å². The van der Waals surface area contributed by atoms with Crippen LogP contribution in [0.2, 0.25) is 0 Å². The summed E-state index contributed by atoms with van der Waals surface area (Å²) in [6, 6.07) is -2.42. The quantitative estimate of drug-likeness (QED) is 0.794. The van der Waals surface area contributed by atoms with E-state index in [2.05, 4.69) is 9.80 Å². The summed E-state index contributed by atoms with van der Waals surface area (Å²) in [6.45, 7) is 5.46. The minimum atomic E-state index is -4.25. The average molecular weight is 282 g/mol. The van der Waals surface area contributed by atoms with Gasteiger partial charge in [-0.2, -0.15) is 13.2 Å². The molecule has 2 unspecified atom stereocenters. The Labute approximate surface area is 113 Å². The summed E-state index contributed by atoms with van der Waals surface area (Å²) in [4.78, 5) is 5.74. The number of rotatable bonds is 5. The summed E-state index contributed by atoms with van der Waals surface area (Å²) in [7, 11) is 3.98. The highest BCUT2D eigenvalue weighted by Gasteiger charge is 2.46. The van der Waals surface area contributed by atoms with Gasteiger partial charge in [-0.25, -0.2) is 0 Å². The van der Waals surface area contributed by atoms with E-state index in [9.17, 15) is 13.2 Å². The lowest BCUT2D eigenvalue weighted by atomic mass is 10.1. The zero-order chi connectivity index (χ0) is 14.6. The highest BCUT2D eigenvalue weighted by atomic mass is 19.4. The number of piperazine rings is 1. The second-order valence-electron chi connectivity index (χ2n) is 5.53. The Morgan fingerprint density at radius 3 is 2.05 bits per heavy atom. The van der Waals surface area contributed by atoms with E-state index in [1.165, 1.54) is 11.8 Å². The fraction of sp³-hybridized carbons (Fsp3) is 1.00. The van der Waals surface area contributed by atoms with E-state index in [1.54, 1.807) is 0 Å². The van der Waals surface area contributed by atoms with Gasteiger partial charge in [-0.3, -0.25) is 9.80 Å². The van der Waals surface area contributed by atoms with Crippen molar-refractivity contribution in [3.8, 4) is 0 Å². The van der Waals surface area contributed by atoms with Crippen LogP contribution in [0.1, 0.15) is 6.92 Å². The van der Waals surface area contributed by atoms with Crippen LogP contribution < -0.4 is 5.73 Å². The molecule has 0 aromatic rings. The molecule has 0 aliphatic carbocycles. The number of nitrogens with zero attached hydrogens (tertiary/aromatic N) is 3. The van der Waals surface area contributed by atoms with Crippen molar-refractivity contribution in [2.45, 2.75) is 25.2 Å². The van der Waals surface area contributed by atoms with Gasteiger partial charge in [0.05, 0.1) is 0 Å². The van der Waals surface area contributed by atoms with Crippen LogP contribution >= 0.6 is 0 Å². The van der Waals surface area contributed by atoms with Gasteiger partial charge in [-0.1, -0.05) is 0 Å². The van der Waals surface area contributed by atoms with Gasteiger partial charge in [0.1, 0.15) is 6.04 Å². The minimum Gasteiger partial charge on any atom is -0.326 e. The van der Waals surface area contributed by atoms with Gasteiger partial charge < -0.3 is 10.6 Å². The summed E-state index contributed by atoms with van der Waals surface area (Å²) < 4.78 is 38.9. The van der Waals surface area contributed by atoms with E-state index >= 15 is 0 Å². The third-order valence-corrected chi connectivity index (χ3v) is 3.50. The first-order chi connectivity index (χ1) is 8.71. The molecule has 7 heteroatoms. The van der Waals surface area contributed by atoms with Crippen LogP contribution in [0.4, 0.5) is 13.2 Å². The van der Waals surface area contributed by atoms with Crippen LogP contribution in [-0.2, 0) is 0 Å². The highest BCUT2D eigenvalue weighted by molar-refractivity contribution is 4.88. The third-order valence-electron chi connectivity index (χ3n) is 3.50. The first kappa shape index (κ1) is 16.7. The molecule has 0 spiro atoms. The highest BCUT2D eigenvalue weighted by Crippen LogP contribution is 2.27. The molecule has 114 valence electrons. The molecular weight excluding hydrogens is 257 g/mol. The monoisotopic (exact) mass is 282 g/mol. The summed E-state index contributed by atoms with van der Waals surface area (Å²) in [5, 5.41) is 0. The normalized spacial score (nSPS) is 22.7. The number of alkyl halides is 3. The molecule has 1 saturated heterocycles. The SMILES string of the molecule is CC(N)C(N1CCN(CCN(C)C)CC1)C(F)(F)F. The van der Waals surface area contributed by atoms with Crippen LogP contribution in [-0.4, -0.2) is 86.3 Å². The van der Waals surface area contributed by atoms with E-state index < -0.39 is 18.3 Å². The maximum absolute atomic E-state index is 13.0. The minimum absolute atomic E-state index is 0.430. The molecule has 0 saturated carbocycles. The molecule has 1 fully saturated rings. The van der Waals surface area contributed by atoms with Crippen molar-refractivity contribution in [3.63, 3.8) is 0 Å². The number of likely N-dealkylation sites (N-methyl/N-ethyl adjacent to an activating group) is 1. The van der Waals surface area contributed by atoms with Crippen molar-refractivity contribution in [3.05, 3.63) is 0 Å². The summed E-state index contributed by atoms with van der Waals surface area (Å²) in [6.07, 6.45) is -4.25. The lowest BCUT2D eigenvalue weighted by Crippen LogP contribution is -2.60. The number of nitrogens with two attached hydrogens (primary N) is 1.